The van der Waals surface area contributed by atoms with Crippen LogP contribution in [0.2, 0.25) is 0 Å². The van der Waals surface area contributed by atoms with Gasteiger partial charge in [0.1, 0.15) is 24.8 Å². The number of hydrogen-bond acceptors (Lipinski definition) is 5. The number of unbranched alkanes of at least 4 members (excludes halogenated alkanes) is 2. The van der Waals surface area contributed by atoms with Crippen LogP contribution >= 0.6 is 0 Å². The first-order chi connectivity index (χ1) is 22.6. The molecule has 5 nitrogen and oxygen atoms in total. The van der Waals surface area contributed by atoms with Crippen molar-refractivity contribution >= 4 is 11.9 Å². The van der Waals surface area contributed by atoms with Crippen LogP contribution in [0.3, 0.4) is 0 Å². The van der Waals surface area contributed by atoms with Crippen molar-refractivity contribution in [2.24, 2.45) is 17.8 Å². The monoisotopic (exact) mass is 650 g/mol. The van der Waals surface area contributed by atoms with Crippen molar-refractivity contribution in [1.82, 2.24) is 0 Å². The Bertz CT molecular complexity index is 1380. The maximum atomic E-state index is 15.5. The number of hydrogen-bond donors (Lipinski definition) is 1. The molecule has 0 saturated heterocycles. The predicted octanol–water partition coefficient (Wildman–Crippen LogP) is 9.59. The Morgan fingerprint density at radius 2 is 1.49 bits per heavy atom. The number of aliphatic hydroxyl groups excluding tert-OH is 1. The zero-order valence-electron chi connectivity index (χ0n) is 28.2. The Hall–Kier alpha value is -3.32. The minimum Gasteiger partial charge on any atom is -0.462 e. The third-order valence-electron chi connectivity index (χ3n) is 10.4. The van der Waals surface area contributed by atoms with Crippen LogP contribution in [0.1, 0.15) is 114 Å². The van der Waals surface area contributed by atoms with Gasteiger partial charge in [-0.3, -0.25) is 0 Å². The molecule has 0 aliphatic heterocycles. The van der Waals surface area contributed by atoms with E-state index in [0.29, 0.717) is 11.1 Å². The normalized spacial score (nSPS) is 21.9. The van der Waals surface area contributed by atoms with Crippen LogP contribution in [0.25, 0.3) is 11.1 Å². The van der Waals surface area contributed by atoms with Gasteiger partial charge in [-0.1, -0.05) is 82.9 Å². The van der Waals surface area contributed by atoms with Crippen molar-refractivity contribution in [1.29, 1.82) is 0 Å². The van der Waals surface area contributed by atoms with Crippen molar-refractivity contribution in [2.45, 2.75) is 103 Å². The highest BCUT2D eigenvalue weighted by Gasteiger charge is 2.32. The molecule has 2 aliphatic carbocycles. The van der Waals surface area contributed by atoms with Crippen molar-refractivity contribution in [3.05, 3.63) is 83.5 Å². The Labute approximate surface area is 279 Å². The molecule has 0 radical (unpaired) electrons. The highest BCUT2D eigenvalue weighted by Crippen LogP contribution is 2.45. The standard InChI is InChI=1S/C40H52F2O5/c1-5-6-7-8-28-9-11-29(12-10-28)30-13-15-31(16-14-30)35-20-18-33(22-38(35)42)36-19-17-32(21-37(36)41)34(24-46-39(44)26(2)3)25-47-40(45)27(4)23-43/h17-22,28-31,34,43H,2,4-16,23-25H2,1,3H3. The second-order valence-corrected chi connectivity index (χ2v) is 13.8. The van der Waals surface area contributed by atoms with Crippen molar-refractivity contribution in [3.63, 3.8) is 0 Å². The molecule has 47 heavy (non-hydrogen) atoms. The summed E-state index contributed by atoms with van der Waals surface area (Å²) in [6.45, 7) is 9.80. The minimum atomic E-state index is -0.801. The lowest BCUT2D eigenvalue weighted by molar-refractivity contribution is -0.142. The van der Waals surface area contributed by atoms with Crippen molar-refractivity contribution in [2.75, 3.05) is 19.8 Å². The smallest absolute Gasteiger partial charge is 0.335 e. The van der Waals surface area contributed by atoms with E-state index in [0.717, 1.165) is 49.0 Å². The second-order valence-electron chi connectivity index (χ2n) is 13.8. The van der Waals surface area contributed by atoms with Gasteiger partial charge in [-0.2, -0.15) is 0 Å². The molecule has 0 amide bonds. The maximum absolute atomic E-state index is 15.5. The number of carbonyl (C=O) groups is 2. The Balaban J connectivity index is 1.37. The topological polar surface area (TPSA) is 72.8 Å². The summed E-state index contributed by atoms with van der Waals surface area (Å²) in [4.78, 5) is 24.1. The van der Waals surface area contributed by atoms with E-state index >= 15 is 8.78 Å². The number of esters is 2. The number of halogens is 2. The fraction of sp³-hybridized carbons (Fsp3) is 0.550. The molecule has 0 bridgehead atoms. The second kappa shape index (κ2) is 17.7. The maximum Gasteiger partial charge on any atom is 0.335 e. The number of benzene rings is 2. The zero-order valence-corrected chi connectivity index (χ0v) is 28.2. The molecule has 7 heteroatoms. The highest BCUT2D eigenvalue weighted by atomic mass is 19.1. The summed E-state index contributed by atoms with van der Waals surface area (Å²) < 4.78 is 41.5. The molecule has 1 N–H and O–H groups in total. The fourth-order valence-corrected chi connectivity index (χ4v) is 7.46. The van der Waals surface area contributed by atoms with Crippen LogP contribution in [0, 0.1) is 29.4 Å². The van der Waals surface area contributed by atoms with Gasteiger partial charge in [0, 0.05) is 11.1 Å². The summed E-state index contributed by atoms with van der Waals surface area (Å²) in [7, 11) is 0. The molecule has 1 atom stereocenters. The molecule has 1 unspecified atom stereocenters. The van der Waals surface area contributed by atoms with Crippen LogP contribution < -0.4 is 0 Å². The van der Waals surface area contributed by atoms with Gasteiger partial charge in [0.15, 0.2) is 0 Å². The first-order valence-corrected chi connectivity index (χ1v) is 17.5. The largest absolute Gasteiger partial charge is 0.462 e. The molecule has 0 spiro atoms. The van der Waals surface area contributed by atoms with E-state index in [2.05, 4.69) is 20.1 Å². The third-order valence-corrected chi connectivity index (χ3v) is 10.4. The van der Waals surface area contributed by atoms with E-state index in [9.17, 15) is 9.59 Å². The van der Waals surface area contributed by atoms with Crippen molar-refractivity contribution in [3.8, 4) is 11.1 Å². The predicted molar refractivity (Wildman–Crippen MR) is 182 cm³/mol. The summed E-state index contributed by atoms with van der Waals surface area (Å²) in [5.41, 5.74) is 1.91. The highest BCUT2D eigenvalue weighted by molar-refractivity contribution is 5.88. The van der Waals surface area contributed by atoms with Crippen LogP contribution in [-0.2, 0) is 19.1 Å². The SMILES string of the molecule is C=C(C)C(=O)OCC(COC(=O)C(=C)CO)c1ccc(-c2ccc(C3CCC(C4CCC(CCCCC)CC4)CC3)c(F)c2)c(F)c1. The Morgan fingerprint density at radius 3 is 2.06 bits per heavy atom. The van der Waals surface area contributed by atoms with Crippen molar-refractivity contribution < 1.29 is 33.0 Å². The average molecular weight is 651 g/mol. The van der Waals surface area contributed by atoms with Gasteiger partial charge < -0.3 is 14.6 Å². The lowest BCUT2D eigenvalue weighted by Gasteiger charge is -2.38. The van der Waals surface area contributed by atoms with Crippen LogP contribution in [0.4, 0.5) is 8.78 Å². The summed E-state index contributed by atoms with van der Waals surface area (Å²) in [5, 5.41) is 9.15. The summed E-state index contributed by atoms with van der Waals surface area (Å²) >= 11 is 0. The zero-order chi connectivity index (χ0) is 33.9. The van der Waals surface area contributed by atoms with Gasteiger partial charge in [0.2, 0.25) is 0 Å². The Morgan fingerprint density at radius 1 is 0.851 bits per heavy atom. The quantitative estimate of drug-likeness (QED) is 0.118. The summed E-state index contributed by atoms with van der Waals surface area (Å²) in [6.07, 6.45) is 15.1. The van der Waals surface area contributed by atoms with Gasteiger partial charge in [-0.25, -0.2) is 18.4 Å². The number of ether oxygens (including phenoxy) is 2. The van der Waals surface area contributed by atoms with Gasteiger partial charge in [0.05, 0.1) is 18.1 Å². The lowest BCUT2D eigenvalue weighted by Crippen LogP contribution is -2.25. The minimum absolute atomic E-state index is 0.127. The first kappa shape index (κ1) is 36.5. The molecular formula is C40H52F2O5. The number of aliphatic hydroxyl groups is 1. The van der Waals surface area contributed by atoms with Crippen LogP contribution in [-0.4, -0.2) is 36.9 Å². The molecule has 2 aromatic carbocycles. The molecular weight excluding hydrogens is 598 g/mol. The Kier molecular flexibility index (Phi) is 13.8. The molecule has 2 aromatic rings. The van der Waals surface area contributed by atoms with E-state index in [1.807, 2.05) is 6.07 Å². The fourth-order valence-electron chi connectivity index (χ4n) is 7.46. The molecule has 2 saturated carbocycles. The van der Waals surface area contributed by atoms with Gasteiger partial charge in [0.25, 0.3) is 0 Å². The molecule has 0 heterocycles. The molecule has 4 rings (SSSR count). The van der Waals surface area contributed by atoms with E-state index in [1.165, 1.54) is 70.4 Å². The molecule has 0 aromatic heterocycles. The van der Waals surface area contributed by atoms with Gasteiger partial charge in [-0.05, 0) is 97.9 Å². The van der Waals surface area contributed by atoms with Gasteiger partial charge in [-0.15, -0.1) is 0 Å². The number of carbonyl (C=O) groups excluding carboxylic acids is 2. The number of rotatable bonds is 15. The van der Waals surface area contributed by atoms with E-state index in [4.69, 9.17) is 14.6 Å². The van der Waals surface area contributed by atoms with Crippen LogP contribution in [0.15, 0.2) is 60.7 Å². The molecule has 256 valence electrons. The average Bonchev–Trinajstić information content (AvgIpc) is 3.08. The molecule has 2 aliphatic rings. The molecule has 2 fully saturated rings. The van der Waals surface area contributed by atoms with E-state index in [-0.39, 0.29) is 41.7 Å². The van der Waals surface area contributed by atoms with E-state index < -0.39 is 30.3 Å². The summed E-state index contributed by atoms with van der Waals surface area (Å²) in [6, 6.07) is 9.53. The first-order valence-electron chi connectivity index (χ1n) is 17.5. The summed E-state index contributed by atoms with van der Waals surface area (Å²) in [5.74, 6) is -0.312. The van der Waals surface area contributed by atoms with E-state index in [1.54, 1.807) is 18.2 Å². The van der Waals surface area contributed by atoms with Crippen LogP contribution in [0.5, 0.6) is 0 Å². The lowest BCUT2D eigenvalue weighted by atomic mass is 9.68. The van der Waals surface area contributed by atoms with Gasteiger partial charge >= 0.3 is 11.9 Å². The third kappa shape index (κ3) is 10.1.